The van der Waals surface area contributed by atoms with Gasteiger partial charge in [-0.2, -0.15) is 0 Å². The van der Waals surface area contributed by atoms with E-state index in [1.54, 1.807) is 51.3 Å². The van der Waals surface area contributed by atoms with Gasteiger partial charge in [-0.3, -0.25) is 9.10 Å². The van der Waals surface area contributed by atoms with Gasteiger partial charge in [0.15, 0.2) is 0 Å². The van der Waals surface area contributed by atoms with Crippen LogP contribution in [0.1, 0.15) is 20.3 Å². The quantitative estimate of drug-likeness (QED) is 0.782. The number of rotatable bonds is 8. The summed E-state index contributed by atoms with van der Waals surface area (Å²) in [4.78, 5) is 12.4. The van der Waals surface area contributed by atoms with Gasteiger partial charge >= 0.3 is 0 Å². The molecule has 0 radical (unpaired) electrons. The number of nitrogens with one attached hydrogen (secondary N) is 1. The molecule has 1 aromatic carbocycles. The zero-order valence-electron chi connectivity index (χ0n) is 13.4. The van der Waals surface area contributed by atoms with Crippen LogP contribution < -0.4 is 9.62 Å². The fourth-order valence-electron chi connectivity index (χ4n) is 2.27. The SMILES string of the molecule is CC[C@H](C(=O)N[C@H](C)COC)N(c1ccccc1)S(C)(=O)=O. The van der Waals surface area contributed by atoms with Crippen LogP contribution in [-0.2, 0) is 19.6 Å². The van der Waals surface area contributed by atoms with Gasteiger partial charge in [-0.25, -0.2) is 8.42 Å². The van der Waals surface area contributed by atoms with E-state index >= 15 is 0 Å². The summed E-state index contributed by atoms with van der Waals surface area (Å²) in [6.07, 6.45) is 1.47. The molecule has 1 amide bonds. The smallest absolute Gasteiger partial charge is 0.244 e. The predicted octanol–water partition coefficient (Wildman–Crippen LogP) is 1.38. The molecule has 0 spiro atoms. The van der Waals surface area contributed by atoms with Gasteiger partial charge in [0.2, 0.25) is 15.9 Å². The summed E-state index contributed by atoms with van der Waals surface area (Å²) in [5.74, 6) is -0.332. The molecule has 1 rings (SSSR count). The van der Waals surface area contributed by atoms with Gasteiger partial charge in [-0.05, 0) is 25.5 Å². The standard InChI is InChI=1S/C15H24N2O4S/c1-5-14(15(18)16-12(2)11-21-3)17(22(4,19)20)13-9-7-6-8-10-13/h6-10,12,14H,5,11H2,1-4H3,(H,16,18)/t12-,14-/m1/s1. The topological polar surface area (TPSA) is 75.7 Å². The fraction of sp³-hybridized carbons (Fsp3) is 0.533. The Hall–Kier alpha value is -1.60. The molecule has 0 fully saturated rings. The first-order chi connectivity index (χ1) is 10.3. The molecule has 0 aliphatic carbocycles. The largest absolute Gasteiger partial charge is 0.383 e. The Balaban J connectivity index is 3.08. The van der Waals surface area contributed by atoms with Crippen LogP contribution in [0.4, 0.5) is 5.69 Å². The summed E-state index contributed by atoms with van der Waals surface area (Å²) < 4.78 is 30.5. The minimum Gasteiger partial charge on any atom is -0.383 e. The second kappa shape index (κ2) is 8.14. The maximum atomic E-state index is 12.4. The Morgan fingerprint density at radius 1 is 1.32 bits per heavy atom. The van der Waals surface area contributed by atoms with Gasteiger partial charge in [0.05, 0.1) is 18.6 Å². The van der Waals surface area contributed by atoms with Crippen molar-refractivity contribution < 1.29 is 17.9 Å². The summed E-state index contributed by atoms with van der Waals surface area (Å²) in [5.41, 5.74) is 0.478. The molecule has 0 saturated carbocycles. The van der Waals surface area contributed by atoms with Gasteiger partial charge in [-0.15, -0.1) is 0 Å². The van der Waals surface area contributed by atoms with Crippen molar-refractivity contribution in [2.75, 3.05) is 24.3 Å². The van der Waals surface area contributed by atoms with Crippen molar-refractivity contribution in [3.8, 4) is 0 Å². The highest BCUT2D eigenvalue weighted by Gasteiger charge is 2.31. The number of sulfonamides is 1. The first kappa shape index (κ1) is 18.4. The fourth-order valence-corrected chi connectivity index (χ4v) is 3.48. The molecule has 1 aromatic rings. The Morgan fingerprint density at radius 3 is 2.36 bits per heavy atom. The minimum atomic E-state index is -3.58. The van der Waals surface area contributed by atoms with Crippen LogP contribution in [0.2, 0.25) is 0 Å². The summed E-state index contributed by atoms with van der Waals surface area (Å²) in [6.45, 7) is 3.96. The molecular formula is C15H24N2O4S. The number of amides is 1. The first-order valence-corrected chi connectivity index (χ1v) is 8.99. The summed E-state index contributed by atoms with van der Waals surface area (Å²) >= 11 is 0. The third kappa shape index (κ3) is 4.99. The van der Waals surface area contributed by atoms with E-state index in [-0.39, 0.29) is 11.9 Å². The highest BCUT2D eigenvalue weighted by atomic mass is 32.2. The number of carbonyl (C=O) groups is 1. The predicted molar refractivity (Wildman–Crippen MR) is 87.3 cm³/mol. The van der Waals surface area contributed by atoms with E-state index in [0.29, 0.717) is 18.7 Å². The van der Waals surface area contributed by atoms with Crippen molar-refractivity contribution in [3.05, 3.63) is 30.3 Å². The Morgan fingerprint density at radius 2 is 1.91 bits per heavy atom. The number of nitrogens with zero attached hydrogens (tertiary/aromatic N) is 1. The summed E-state index contributed by atoms with van der Waals surface area (Å²) in [7, 11) is -2.03. The molecular weight excluding hydrogens is 304 g/mol. The molecule has 0 unspecified atom stereocenters. The van der Waals surface area contributed by atoms with Crippen LogP contribution in [0.5, 0.6) is 0 Å². The highest BCUT2D eigenvalue weighted by molar-refractivity contribution is 7.92. The van der Waals surface area contributed by atoms with E-state index in [4.69, 9.17) is 4.74 Å². The van der Waals surface area contributed by atoms with E-state index in [2.05, 4.69) is 5.32 Å². The van der Waals surface area contributed by atoms with Gasteiger partial charge in [0.1, 0.15) is 6.04 Å². The molecule has 0 aliphatic rings. The van der Waals surface area contributed by atoms with Crippen molar-refractivity contribution >= 4 is 21.6 Å². The number of anilines is 1. The summed E-state index contributed by atoms with van der Waals surface area (Å²) in [5, 5.41) is 2.78. The van der Waals surface area contributed by atoms with Crippen LogP contribution in [0.15, 0.2) is 30.3 Å². The lowest BCUT2D eigenvalue weighted by molar-refractivity contribution is -0.123. The molecule has 6 nitrogen and oxygen atoms in total. The van der Waals surface area contributed by atoms with Gasteiger partial charge in [-0.1, -0.05) is 25.1 Å². The zero-order chi connectivity index (χ0) is 16.8. The van der Waals surface area contributed by atoms with E-state index < -0.39 is 16.1 Å². The molecule has 124 valence electrons. The number of hydrogen-bond acceptors (Lipinski definition) is 4. The van der Waals surface area contributed by atoms with Crippen LogP contribution in [0, 0.1) is 0 Å². The number of ether oxygens (including phenoxy) is 1. The van der Waals surface area contributed by atoms with Gasteiger partial charge < -0.3 is 10.1 Å². The zero-order valence-corrected chi connectivity index (χ0v) is 14.3. The van der Waals surface area contributed by atoms with E-state index in [9.17, 15) is 13.2 Å². The first-order valence-electron chi connectivity index (χ1n) is 7.15. The molecule has 2 atom stereocenters. The lowest BCUT2D eigenvalue weighted by Gasteiger charge is -2.30. The van der Waals surface area contributed by atoms with Crippen LogP contribution >= 0.6 is 0 Å². The van der Waals surface area contributed by atoms with Gasteiger partial charge in [0, 0.05) is 13.2 Å². The van der Waals surface area contributed by atoms with Gasteiger partial charge in [0.25, 0.3) is 0 Å². The van der Waals surface area contributed by atoms with E-state index in [0.717, 1.165) is 6.26 Å². The van der Waals surface area contributed by atoms with Crippen LogP contribution in [0.3, 0.4) is 0 Å². The molecule has 1 N–H and O–H groups in total. The number of para-hydroxylation sites is 1. The second-order valence-corrected chi connectivity index (χ2v) is 7.04. The summed E-state index contributed by atoms with van der Waals surface area (Å²) in [6, 6.07) is 7.65. The maximum Gasteiger partial charge on any atom is 0.244 e. The minimum absolute atomic E-state index is 0.191. The molecule has 0 heterocycles. The lowest BCUT2D eigenvalue weighted by Crippen LogP contribution is -2.51. The second-order valence-electron chi connectivity index (χ2n) is 5.18. The molecule has 0 saturated heterocycles. The molecule has 0 aliphatic heterocycles. The van der Waals surface area contributed by atoms with Crippen molar-refractivity contribution in [3.63, 3.8) is 0 Å². The number of benzene rings is 1. The van der Waals surface area contributed by atoms with Crippen molar-refractivity contribution in [1.29, 1.82) is 0 Å². The van der Waals surface area contributed by atoms with Crippen LogP contribution in [0.25, 0.3) is 0 Å². The Kier molecular flexibility index (Phi) is 6.83. The van der Waals surface area contributed by atoms with Crippen molar-refractivity contribution in [2.45, 2.75) is 32.4 Å². The lowest BCUT2D eigenvalue weighted by atomic mass is 10.1. The average molecular weight is 328 g/mol. The third-order valence-electron chi connectivity index (χ3n) is 3.15. The normalized spacial score (nSPS) is 14.2. The molecule has 22 heavy (non-hydrogen) atoms. The maximum absolute atomic E-state index is 12.4. The molecule has 0 aromatic heterocycles. The highest BCUT2D eigenvalue weighted by Crippen LogP contribution is 2.22. The number of carbonyl (C=O) groups excluding carboxylic acids is 1. The average Bonchev–Trinajstić information content (AvgIpc) is 2.44. The molecule has 7 heteroatoms. The van der Waals surface area contributed by atoms with E-state index in [1.165, 1.54) is 4.31 Å². The Labute approximate surface area is 132 Å². The number of methoxy groups -OCH3 is 1. The van der Waals surface area contributed by atoms with Crippen molar-refractivity contribution in [2.24, 2.45) is 0 Å². The molecule has 0 bridgehead atoms. The van der Waals surface area contributed by atoms with Crippen LogP contribution in [-0.4, -0.2) is 46.4 Å². The monoisotopic (exact) mass is 328 g/mol. The number of hydrogen-bond donors (Lipinski definition) is 1. The van der Waals surface area contributed by atoms with E-state index in [1.807, 2.05) is 0 Å². The Bertz CT molecular complexity index is 574. The van der Waals surface area contributed by atoms with Crippen molar-refractivity contribution in [1.82, 2.24) is 5.32 Å². The third-order valence-corrected chi connectivity index (χ3v) is 4.33.